The maximum Gasteiger partial charge on any atom is 0.339 e. The van der Waals surface area contributed by atoms with Crippen molar-refractivity contribution in [3.63, 3.8) is 0 Å². The Balaban J connectivity index is 1.78. The zero-order valence-corrected chi connectivity index (χ0v) is 15.6. The number of methoxy groups -OCH3 is 1. The highest BCUT2D eigenvalue weighted by molar-refractivity contribution is 5.92. The number of hydrogen-bond donors (Lipinski definition) is 1. The SMILES string of the molecule is CCOc1ccc(-c2ccnc(COc3ccc(OC)cc3)n2)cc1C(=O)O. The van der Waals surface area contributed by atoms with Crippen LogP contribution in [-0.4, -0.2) is 34.8 Å². The van der Waals surface area contributed by atoms with Crippen LogP contribution < -0.4 is 14.2 Å². The number of carbonyl (C=O) groups is 1. The van der Waals surface area contributed by atoms with Crippen molar-refractivity contribution >= 4 is 5.97 Å². The highest BCUT2D eigenvalue weighted by Crippen LogP contribution is 2.26. The van der Waals surface area contributed by atoms with Gasteiger partial charge in [-0.3, -0.25) is 0 Å². The van der Waals surface area contributed by atoms with Gasteiger partial charge in [0.05, 0.1) is 19.4 Å². The molecule has 0 aliphatic rings. The van der Waals surface area contributed by atoms with Crippen LogP contribution in [0.4, 0.5) is 0 Å². The Kier molecular flexibility index (Phi) is 6.06. The lowest BCUT2D eigenvalue weighted by Crippen LogP contribution is -2.04. The van der Waals surface area contributed by atoms with Crippen LogP contribution in [0, 0.1) is 0 Å². The summed E-state index contributed by atoms with van der Waals surface area (Å²) in [4.78, 5) is 20.2. The molecule has 2 aromatic carbocycles. The highest BCUT2D eigenvalue weighted by atomic mass is 16.5. The van der Waals surface area contributed by atoms with Gasteiger partial charge in [0.15, 0.2) is 5.82 Å². The second-order valence-corrected chi connectivity index (χ2v) is 5.77. The first-order valence-electron chi connectivity index (χ1n) is 8.70. The van der Waals surface area contributed by atoms with Gasteiger partial charge in [-0.1, -0.05) is 0 Å². The van der Waals surface area contributed by atoms with Gasteiger partial charge in [-0.2, -0.15) is 0 Å². The normalized spacial score (nSPS) is 10.4. The van der Waals surface area contributed by atoms with Gasteiger partial charge in [0, 0.05) is 11.8 Å². The minimum Gasteiger partial charge on any atom is -0.497 e. The van der Waals surface area contributed by atoms with Crippen LogP contribution in [0.2, 0.25) is 0 Å². The first-order chi connectivity index (χ1) is 13.6. The van der Waals surface area contributed by atoms with E-state index in [2.05, 4.69) is 9.97 Å². The van der Waals surface area contributed by atoms with Crippen molar-refractivity contribution in [1.82, 2.24) is 9.97 Å². The summed E-state index contributed by atoms with van der Waals surface area (Å²) in [5.74, 6) is 1.18. The summed E-state index contributed by atoms with van der Waals surface area (Å²) in [6.45, 7) is 2.38. The smallest absolute Gasteiger partial charge is 0.339 e. The minimum atomic E-state index is -1.05. The van der Waals surface area contributed by atoms with Crippen LogP contribution in [-0.2, 0) is 6.61 Å². The molecule has 0 fully saturated rings. The molecule has 28 heavy (non-hydrogen) atoms. The molecule has 1 N–H and O–H groups in total. The summed E-state index contributed by atoms with van der Waals surface area (Å²) in [6.07, 6.45) is 1.62. The van der Waals surface area contributed by atoms with E-state index in [1.54, 1.807) is 68.8 Å². The third-order valence-electron chi connectivity index (χ3n) is 3.94. The molecule has 7 heteroatoms. The van der Waals surface area contributed by atoms with E-state index in [0.717, 1.165) is 5.75 Å². The van der Waals surface area contributed by atoms with Crippen molar-refractivity contribution in [3.05, 3.63) is 66.1 Å². The topological polar surface area (TPSA) is 90.8 Å². The van der Waals surface area contributed by atoms with Crippen LogP contribution in [0.25, 0.3) is 11.3 Å². The summed E-state index contributed by atoms with van der Waals surface area (Å²) < 4.78 is 16.2. The molecule has 0 spiro atoms. The molecule has 0 radical (unpaired) electrons. The lowest BCUT2D eigenvalue weighted by Gasteiger charge is -2.10. The predicted octanol–water partition coefficient (Wildman–Crippen LogP) is 3.83. The van der Waals surface area contributed by atoms with E-state index in [0.29, 0.717) is 35.2 Å². The fraction of sp³-hybridized carbons (Fsp3) is 0.190. The number of benzene rings is 2. The van der Waals surface area contributed by atoms with Gasteiger partial charge < -0.3 is 19.3 Å². The standard InChI is InChI=1S/C21H20N2O5/c1-3-27-19-9-4-14(12-17(19)21(24)25)18-10-11-22-20(23-18)13-28-16-7-5-15(26-2)6-8-16/h4-12H,3,13H2,1-2H3,(H,24,25). The third kappa shape index (κ3) is 4.56. The zero-order valence-electron chi connectivity index (χ0n) is 15.6. The maximum atomic E-state index is 11.5. The third-order valence-corrected chi connectivity index (χ3v) is 3.94. The predicted molar refractivity (Wildman–Crippen MR) is 103 cm³/mol. The molecule has 0 amide bonds. The molecule has 0 atom stereocenters. The van der Waals surface area contributed by atoms with Crippen molar-refractivity contribution in [3.8, 4) is 28.5 Å². The Bertz CT molecular complexity index is 957. The first-order valence-corrected chi connectivity index (χ1v) is 8.70. The number of hydrogen-bond acceptors (Lipinski definition) is 6. The van der Waals surface area contributed by atoms with Crippen LogP contribution in [0.3, 0.4) is 0 Å². The Morgan fingerprint density at radius 2 is 1.79 bits per heavy atom. The largest absolute Gasteiger partial charge is 0.497 e. The molecular weight excluding hydrogens is 360 g/mol. The molecule has 0 saturated carbocycles. The number of aromatic carboxylic acids is 1. The molecule has 0 aliphatic carbocycles. The number of aromatic nitrogens is 2. The second-order valence-electron chi connectivity index (χ2n) is 5.77. The summed E-state index contributed by atoms with van der Waals surface area (Å²) in [5, 5.41) is 9.42. The van der Waals surface area contributed by atoms with Gasteiger partial charge in [0.2, 0.25) is 0 Å². The Morgan fingerprint density at radius 1 is 1.04 bits per heavy atom. The van der Waals surface area contributed by atoms with E-state index in [4.69, 9.17) is 14.2 Å². The Hall–Kier alpha value is -3.61. The first kappa shape index (κ1) is 19.2. The van der Waals surface area contributed by atoms with Crippen LogP contribution in [0.5, 0.6) is 17.2 Å². The zero-order chi connectivity index (χ0) is 19.9. The van der Waals surface area contributed by atoms with Crippen molar-refractivity contribution in [2.45, 2.75) is 13.5 Å². The number of carboxylic acids is 1. The van der Waals surface area contributed by atoms with Gasteiger partial charge in [0.1, 0.15) is 29.4 Å². The molecule has 0 saturated heterocycles. The van der Waals surface area contributed by atoms with E-state index in [1.807, 2.05) is 0 Å². The summed E-state index contributed by atoms with van der Waals surface area (Å²) >= 11 is 0. The molecule has 1 aromatic heterocycles. The Morgan fingerprint density at radius 3 is 2.46 bits per heavy atom. The average molecular weight is 380 g/mol. The maximum absolute atomic E-state index is 11.5. The number of ether oxygens (including phenoxy) is 3. The van der Waals surface area contributed by atoms with Gasteiger partial charge >= 0.3 is 5.97 Å². The van der Waals surface area contributed by atoms with E-state index < -0.39 is 5.97 Å². The van der Waals surface area contributed by atoms with E-state index in [9.17, 15) is 9.90 Å². The highest BCUT2D eigenvalue weighted by Gasteiger charge is 2.14. The van der Waals surface area contributed by atoms with Gasteiger partial charge in [0.25, 0.3) is 0 Å². The fourth-order valence-electron chi connectivity index (χ4n) is 2.59. The molecule has 0 unspecified atom stereocenters. The summed E-state index contributed by atoms with van der Waals surface area (Å²) in [7, 11) is 1.60. The van der Waals surface area contributed by atoms with Gasteiger partial charge in [-0.05, 0) is 55.5 Å². The molecule has 3 rings (SSSR count). The summed E-state index contributed by atoms with van der Waals surface area (Å²) in [6, 6.07) is 13.9. The van der Waals surface area contributed by atoms with Crippen LogP contribution >= 0.6 is 0 Å². The quantitative estimate of drug-likeness (QED) is 0.635. The monoisotopic (exact) mass is 380 g/mol. The molecule has 0 bridgehead atoms. The van der Waals surface area contributed by atoms with Crippen molar-refractivity contribution in [2.24, 2.45) is 0 Å². The second kappa shape index (κ2) is 8.85. The molecule has 144 valence electrons. The van der Waals surface area contributed by atoms with E-state index in [-0.39, 0.29) is 12.2 Å². The van der Waals surface area contributed by atoms with Gasteiger partial charge in [-0.25, -0.2) is 14.8 Å². The number of carboxylic acid groups (broad SMARTS) is 1. The number of rotatable bonds is 8. The Labute approximate surface area is 162 Å². The summed E-state index contributed by atoms with van der Waals surface area (Å²) in [5.41, 5.74) is 1.36. The lowest BCUT2D eigenvalue weighted by molar-refractivity contribution is 0.0692. The molecule has 7 nitrogen and oxygen atoms in total. The van der Waals surface area contributed by atoms with E-state index in [1.165, 1.54) is 0 Å². The van der Waals surface area contributed by atoms with Crippen molar-refractivity contribution in [2.75, 3.05) is 13.7 Å². The van der Waals surface area contributed by atoms with Gasteiger partial charge in [-0.15, -0.1) is 0 Å². The minimum absolute atomic E-state index is 0.0917. The molecule has 0 aliphatic heterocycles. The fourth-order valence-corrected chi connectivity index (χ4v) is 2.59. The number of nitrogens with zero attached hydrogens (tertiary/aromatic N) is 2. The molecular formula is C21H20N2O5. The lowest BCUT2D eigenvalue weighted by atomic mass is 10.1. The van der Waals surface area contributed by atoms with Crippen LogP contribution in [0.15, 0.2) is 54.7 Å². The molecule has 3 aromatic rings. The van der Waals surface area contributed by atoms with Crippen LogP contribution in [0.1, 0.15) is 23.1 Å². The average Bonchev–Trinajstić information content (AvgIpc) is 2.73. The van der Waals surface area contributed by atoms with Crippen molar-refractivity contribution < 1.29 is 24.1 Å². The van der Waals surface area contributed by atoms with Crippen molar-refractivity contribution in [1.29, 1.82) is 0 Å². The molecule has 1 heterocycles. The van der Waals surface area contributed by atoms with E-state index >= 15 is 0 Å².